The minimum Gasteiger partial charge on any atom is -0.383 e. The van der Waals surface area contributed by atoms with Gasteiger partial charge in [-0.1, -0.05) is 43.9 Å². The molecule has 0 radical (unpaired) electrons. The van der Waals surface area contributed by atoms with E-state index in [0.717, 1.165) is 65.0 Å². The quantitative estimate of drug-likeness (QED) is 0.390. The molecule has 1 unspecified atom stereocenters. The maximum absolute atomic E-state index is 6.18. The van der Waals surface area contributed by atoms with Gasteiger partial charge in [0.25, 0.3) is 0 Å². The van der Waals surface area contributed by atoms with Crippen LogP contribution in [0.3, 0.4) is 0 Å². The van der Waals surface area contributed by atoms with Crippen molar-refractivity contribution in [1.82, 2.24) is 9.88 Å². The summed E-state index contributed by atoms with van der Waals surface area (Å²) in [5.74, 6) is 0.893. The summed E-state index contributed by atoms with van der Waals surface area (Å²) in [7, 11) is 5.83. The van der Waals surface area contributed by atoms with Crippen molar-refractivity contribution in [3.63, 3.8) is 0 Å². The van der Waals surface area contributed by atoms with Gasteiger partial charge < -0.3 is 16.0 Å². The van der Waals surface area contributed by atoms with Crippen molar-refractivity contribution in [2.24, 2.45) is 10.7 Å². The van der Waals surface area contributed by atoms with Crippen molar-refractivity contribution in [3.05, 3.63) is 72.5 Å². The Morgan fingerprint density at radius 3 is 2.70 bits per heavy atom. The molecule has 3 N–H and O–H groups in total. The van der Waals surface area contributed by atoms with Gasteiger partial charge >= 0.3 is 0 Å². The fourth-order valence-corrected chi connectivity index (χ4v) is 4.28. The molecule has 5 heteroatoms. The van der Waals surface area contributed by atoms with Crippen LogP contribution in [0.15, 0.2) is 66.3 Å². The standard InChI is InChI=1S/C28H37N5/c1-6-9-23(18-30-3)26-14-15-27(32-28(26)31-25-13-12-24(29)17-25)22-11-8-10-21(16-22)20(7-2)19-33(4)5/h7-11,14-16,18-19,24-25H,2,6,12-13,17,29H2,1,3-5H3,(H,31,32)/b20-19+,23-9+,30-18?/t24-,25?/m0/s1. The fourth-order valence-electron chi connectivity index (χ4n) is 4.28. The van der Waals surface area contributed by atoms with Crippen molar-refractivity contribution in [1.29, 1.82) is 0 Å². The number of anilines is 1. The first kappa shape index (κ1) is 24.5. The number of aromatic nitrogens is 1. The first-order chi connectivity index (χ1) is 15.9. The summed E-state index contributed by atoms with van der Waals surface area (Å²) >= 11 is 0. The highest BCUT2D eigenvalue weighted by Gasteiger charge is 2.23. The van der Waals surface area contributed by atoms with Crippen LogP contribution in [-0.4, -0.2) is 49.3 Å². The number of benzene rings is 1. The number of nitrogens with one attached hydrogen (secondary N) is 1. The molecule has 0 aliphatic heterocycles. The predicted molar refractivity (Wildman–Crippen MR) is 143 cm³/mol. The smallest absolute Gasteiger partial charge is 0.134 e. The van der Waals surface area contributed by atoms with Crippen molar-refractivity contribution < 1.29 is 0 Å². The van der Waals surface area contributed by atoms with Crippen molar-refractivity contribution in [3.8, 4) is 11.3 Å². The van der Waals surface area contributed by atoms with Crippen LogP contribution in [0, 0.1) is 0 Å². The highest BCUT2D eigenvalue weighted by Crippen LogP contribution is 2.30. The van der Waals surface area contributed by atoms with Crippen LogP contribution in [0.5, 0.6) is 0 Å². The minimum absolute atomic E-state index is 0.259. The van der Waals surface area contributed by atoms with Crippen molar-refractivity contribution in [2.75, 3.05) is 26.5 Å². The molecular weight excluding hydrogens is 406 g/mol. The average molecular weight is 444 g/mol. The summed E-state index contributed by atoms with van der Waals surface area (Å²) in [4.78, 5) is 11.4. The largest absolute Gasteiger partial charge is 0.383 e. The lowest BCUT2D eigenvalue weighted by atomic mass is 10.00. The summed E-state index contributed by atoms with van der Waals surface area (Å²) < 4.78 is 0. The Morgan fingerprint density at radius 1 is 1.24 bits per heavy atom. The molecule has 5 nitrogen and oxygen atoms in total. The van der Waals surface area contributed by atoms with Crippen LogP contribution < -0.4 is 11.1 Å². The zero-order chi connectivity index (χ0) is 23.8. The van der Waals surface area contributed by atoms with Crippen LogP contribution >= 0.6 is 0 Å². The molecule has 174 valence electrons. The number of allylic oxidation sites excluding steroid dienone is 4. The molecule has 1 aliphatic carbocycles. The fraction of sp³-hybridized carbons (Fsp3) is 0.357. The molecule has 0 spiro atoms. The molecule has 2 aromatic rings. The van der Waals surface area contributed by atoms with E-state index in [1.165, 1.54) is 0 Å². The first-order valence-electron chi connectivity index (χ1n) is 11.7. The molecule has 0 saturated heterocycles. The van der Waals surface area contributed by atoms with Gasteiger partial charge in [-0.05, 0) is 60.6 Å². The molecule has 1 aromatic heterocycles. The topological polar surface area (TPSA) is 66.5 Å². The van der Waals surface area contributed by atoms with Crippen LogP contribution in [0.1, 0.15) is 43.7 Å². The third kappa shape index (κ3) is 6.42. The Balaban J connectivity index is 2.05. The lowest BCUT2D eigenvalue weighted by Crippen LogP contribution is -2.22. The van der Waals surface area contributed by atoms with Gasteiger partial charge in [0.2, 0.25) is 0 Å². The number of nitrogens with zero attached hydrogens (tertiary/aromatic N) is 3. The van der Waals surface area contributed by atoms with Gasteiger partial charge in [0.15, 0.2) is 0 Å². The molecule has 0 bridgehead atoms. The van der Waals surface area contributed by atoms with Gasteiger partial charge in [-0.15, -0.1) is 0 Å². The zero-order valence-electron chi connectivity index (χ0n) is 20.4. The monoisotopic (exact) mass is 443 g/mol. The van der Waals surface area contributed by atoms with E-state index in [1.807, 2.05) is 31.3 Å². The van der Waals surface area contributed by atoms with Crippen molar-refractivity contribution in [2.45, 2.75) is 44.7 Å². The van der Waals surface area contributed by atoms with Gasteiger partial charge in [0.05, 0.1) is 5.69 Å². The number of aliphatic imine (C=N–C) groups is 1. The second-order valence-corrected chi connectivity index (χ2v) is 8.80. The molecule has 1 aromatic carbocycles. The molecule has 0 amide bonds. The van der Waals surface area contributed by atoms with Crippen LogP contribution in [0.2, 0.25) is 0 Å². The second kappa shape index (κ2) is 11.6. The number of hydrogen-bond acceptors (Lipinski definition) is 5. The van der Waals surface area contributed by atoms with E-state index in [9.17, 15) is 0 Å². The normalized spacial score (nSPS) is 19.2. The second-order valence-electron chi connectivity index (χ2n) is 8.80. The third-order valence-electron chi connectivity index (χ3n) is 5.82. The van der Waals surface area contributed by atoms with E-state index in [4.69, 9.17) is 10.7 Å². The third-order valence-corrected chi connectivity index (χ3v) is 5.82. The van der Waals surface area contributed by atoms with E-state index in [-0.39, 0.29) is 6.04 Å². The van der Waals surface area contributed by atoms with Gasteiger partial charge in [0, 0.05) is 56.8 Å². The molecule has 1 aliphatic rings. The molecule has 33 heavy (non-hydrogen) atoms. The predicted octanol–water partition coefficient (Wildman–Crippen LogP) is 5.62. The van der Waals surface area contributed by atoms with E-state index in [1.54, 1.807) is 7.05 Å². The molecule has 2 atom stereocenters. The Hall–Kier alpha value is -3.18. The van der Waals surface area contributed by atoms with Gasteiger partial charge in [-0.25, -0.2) is 4.98 Å². The Kier molecular flexibility index (Phi) is 8.61. The molecule has 1 heterocycles. The average Bonchev–Trinajstić information content (AvgIpc) is 3.21. The lowest BCUT2D eigenvalue weighted by Gasteiger charge is -2.18. The van der Waals surface area contributed by atoms with E-state index < -0.39 is 0 Å². The van der Waals surface area contributed by atoms with Crippen LogP contribution in [0.4, 0.5) is 5.82 Å². The number of hydrogen-bond donors (Lipinski definition) is 2. The Labute approximate surface area is 198 Å². The Morgan fingerprint density at radius 2 is 2.06 bits per heavy atom. The summed E-state index contributed by atoms with van der Waals surface area (Å²) in [6.07, 6.45) is 12.1. The number of pyridine rings is 1. The summed E-state index contributed by atoms with van der Waals surface area (Å²) in [6, 6.07) is 13.3. The molecule has 3 rings (SSSR count). The maximum Gasteiger partial charge on any atom is 0.134 e. The van der Waals surface area contributed by atoms with E-state index in [2.05, 4.69) is 72.5 Å². The van der Waals surface area contributed by atoms with Gasteiger partial charge in [-0.3, -0.25) is 4.99 Å². The number of rotatable bonds is 9. The number of nitrogens with two attached hydrogens (primary N) is 1. The van der Waals surface area contributed by atoms with Crippen LogP contribution in [-0.2, 0) is 0 Å². The first-order valence-corrected chi connectivity index (χ1v) is 11.7. The minimum atomic E-state index is 0.259. The van der Waals surface area contributed by atoms with Crippen LogP contribution in [0.25, 0.3) is 22.4 Å². The lowest BCUT2D eigenvalue weighted by molar-refractivity contribution is 0.566. The van der Waals surface area contributed by atoms with E-state index >= 15 is 0 Å². The van der Waals surface area contributed by atoms with Crippen molar-refractivity contribution >= 4 is 23.2 Å². The summed E-state index contributed by atoms with van der Waals surface area (Å²) in [6.45, 7) is 6.12. The SMILES string of the molecule is C=C/C(=C\N(C)C)c1cccc(-c2ccc(/C(C=NC)=C/CC)c(NC3CC[C@H](N)C3)n2)c1. The summed E-state index contributed by atoms with van der Waals surface area (Å²) in [5.41, 5.74) is 12.5. The molecule has 1 saturated carbocycles. The van der Waals surface area contributed by atoms with Gasteiger partial charge in [-0.2, -0.15) is 0 Å². The molecular formula is C28H37N5. The van der Waals surface area contributed by atoms with E-state index in [0.29, 0.717) is 6.04 Å². The maximum atomic E-state index is 6.18. The Bertz CT molecular complexity index is 1050. The molecule has 1 fully saturated rings. The van der Waals surface area contributed by atoms with Gasteiger partial charge in [0.1, 0.15) is 5.82 Å². The zero-order valence-corrected chi connectivity index (χ0v) is 20.4. The summed E-state index contributed by atoms with van der Waals surface area (Å²) in [5, 5.41) is 3.69. The highest BCUT2D eigenvalue weighted by atomic mass is 15.0. The highest BCUT2D eigenvalue weighted by molar-refractivity contribution is 6.11.